The molecule has 3 heterocycles. The summed E-state index contributed by atoms with van der Waals surface area (Å²) in [7, 11) is -3.60. The molecule has 2 aromatic rings. The summed E-state index contributed by atoms with van der Waals surface area (Å²) in [6.45, 7) is 1.09. The number of hydrogen-bond donors (Lipinski definition) is 1. The minimum Gasteiger partial charge on any atom is -0.463 e. The molecular formula is C13H16ClN5O5S. The van der Waals surface area contributed by atoms with Crippen molar-refractivity contribution in [3.05, 3.63) is 12.7 Å². The van der Waals surface area contributed by atoms with Gasteiger partial charge in [-0.15, -0.1) is 11.6 Å². The van der Waals surface area contributed by atoms with Crippen molar-refractivity contribution in [2.75, 3.05) is 18.6 Å². The summed E-state index contributed by atoms with van der Waals surface area (Å²) in [6.07, 6.45) is 1.90. The van der Waals surface area contributed by atoms with Crippen LogP contribution in [0.15, 0.2) is 12.7 Å². The molecule has 0 aromatic carbocycles. The van der Waals surface area contributed by atoms with Gasteiger partial charge < -0.3 is 15.2 Å². The second kappa shape index (κ2) is 6.39. The van der Waals surface area contributed by atoms with Crippen LogP contribution in [0.5, 0.6) is 0 Å². The van der Waals surface area contributed by atoms with Crippen molar-refractivity contribution < 1.29 is 22.7 Å². The Labute approximate surface area is 148 Å². The highest BCUT2D eigenvalue weighted by Gasteiger charge is 2.50. The van der Waals surface area contributed by atoms with Crippen LogP contribution >= 0.6 is 11.6 Å². The van der Waals surface area contributed by atoms with Crippen LogP contribution in [0, 0.1) is 0 Å². The van der Waals surface area contributed by atoms with Gasteiger partial charge in [0.1, 0.15) is 29.8 Å². The molecule has 0 aliphatic carbocycles. The van der Waals surface area contributed by atoms with E-state index in [-0.39, 0.29) is 12.4 Å². The smallest absolute Gasteiger partial charge is 0.302 e. The molecule has 0 unspecified atom stereocenters. The highest BCUT2D eigenvalue weighted by molar-refractivity contribution is 7.91. The van der Waals surface area contributed by atoms with Crippen molar-refractivity contribution in [2.24, 2.45) is 0 Å². The van der Waals surface area contributed by atoms with Crippen LogP contribution in [0.1, 0.15) is 13.2 Å². The number of aromatic nitrogens is 4. The molecule has 10 nitrogen and oxygen atoms in total. The van der Waals surface area contributed by atoms with Crippen molar-refractivity contribution in [3.63, 3.8) is 0 Å². The summed E-state index contributed by atoms with van der Waals surface area (Å²) in [5.74, 6) is -0.350. The van der Waals surface area contributed by atoms with Crippen LogP contribution < -0.4 is 5.73 Å². The van der Waals surface area contributed by atoms with Gasteiger partial charge >= 0.3 is 5.97 Å². The Morgan fingerprint density at radius 2 is 2.16 bits per heavy atom. The van der Waals surface area contributed by atoms with Crippen molar-refractivity contribution in [1.82, 2.24) is 19.5 Å². The predicted octanol–water partition coefficient (Wildman–Crippen LogP) is -0.110. The first-order chi connectivity index (χ1) is 11.7. The largest absolute Gasteiger partial charge is 0.463 e. The third-order valence-electron chi connectivity index (χ3n) is 3.87. The molecule has 0 radical (unpaired) electrons. The number of ether oxygens (including phenoxy) is 2. The lowest BCUT2D eigenvalue weighted by Crippen LogP contribution is -2.35. The summed E-state index contributed by atoms with van der Waals surface area (Å²) in [5, 5.41) is -2.00. The van der Waals surface area contributed by atoms with Gasteiger partial charge in [0.05, 0.1) is 11.7 Å². The van der Waals surface area contributed by atoms with Gasteiger partial charge in [0.15, 0.2) is 27.5 Å². The molecule has 1 saturated heterocycles. The molecule has 2 aromatic heterocycles. The lowest BCUT2D eigenvalue weighted by atomic mass is 10.2. The Morgan fingerprint density at radius 3 is 2.80 bits per heavy atom. The molecule has 136 valence electrons. The monoisotopic (exact) mass is 389 g/mol. The number of halogens is 1. The summed E-state index contributed by atoms with van der Waals surface area (Å²) in [6, 6.07) is 0. The summed E-state index contributed by atoms with van der Waals surface area (Å²) in [4.78, 5) is 23.1. The molecule has 4 atom stereocenters. The maximum atomic E-state index is 12.3. The van der Waals surface area contributed by atoms with Gasteiger partial charge in [-0.25, -0.2) is 23.4 Å². The minimum atomic E-state index is -3.60. The minimum absolute atomic E-state index is 0.157. The highest BCUT2D eigenvalue weighted by atomic mass is 35.5. The quantitative estimate of drug-likeness (QED) is 0.560. The number of fused-ring (bicyclic) bond motifs is 1. The molecule has 1 aliphatic heterocycles. The topological polar surface area (TPSA) is 139 Å². The number of hydrogen-bond acceptors (Lipinski definition) is 9. The van der Waals surface area contributed by atoms with E-state index in [1.54, 1.807) is 0 Å². The molecule has 1 aliphatic rings. The zero-order valence-corrected chi connectivity index (χ0v) is 14.9. The molecule has 0 amide bonds. The van der Waals surface area contributed by atoms with E-state index >= 15 is 0 Å². The van der Waals surface area contributed by atoms with Gasteiger partial charge in [0.2, 0.25) is 0 Å². The zero-order chi connectivity index (χ0) is 18.4. The number of nitrogens with two attached hydrogens (primary N) is 1. The van der Waals surface area contributed by atoms with E-state index in [2.05, 4.69) is 15.0 Å². The first kappa shape index (κ1) is 17.8. The molecular weight excluding hydrogens is 374 g/mol. The third-order valence-corrected chi connectivity index (χ3v) is 6.09. The first-order valence-corrected chi connectivity index (χ1v) is 9.64. The average Bonchev–Trinajstić information content (AvgIpc) is 3.06. The summed E-state index contributed by atoms with van der Waals surface area (Å²) in [5.41, 5.74) is 6.40. The van der Waals surface area contributed by atoms with Crippen LogP contribution in [0.3, 0.4) is 0 Å². The van der Waals surface area contributed by atoms with Crippen LogP contribution in [-0.4, -0.2) is 63.5 Å². The number of rotatable bonds is 4. The van der Waals surface area contributed by atoms with Gasteiger partial charge in [0.25, 0.3) is 0 Å². The van der Waals surface area contributed by atoms with Crippen LogP contribution in [0.2, 0.25) is 0 Å². The molecule has 12 heteroatoms. The summed E-state index contributed by atoms with van der Waals surface area (Å²) < 4.78 is 36.7. The fourth-order valence-electron chi connectivity index (χ4n) is 2.76. The Morgan fingerprint density at radius 1 is 1.44 bits per heavy atom. The van der Waals surface area contributed by atoms with Gasteiger partial charge in [0, 0.05) is 13.2 Å². The van der Waals surface area contributed by atoms with E-state index in [0.717, 1.165) is 6.26 Å². The number of esters is 1. The Hall–Kier alpha value is -1.98. The van der Waals surface area contributed by atoms with Gasteiger partial charge in [-0.3, -0.25) is 9.36 Å². The third kappa shape index (κ3) is 3.26. The van der Waals surface area contributed by atoms with Gasteiger partial charge in [-0.2, -0.15) is 0 Å². The Kier molecular flexibility index (Phi) is 4.56. The number of nitrogens with zero attached hydrogens (tertiary/aromatic N) is 4. The molecule has 3 rings (SSSR count). The van der Waals surface area contributed by atoms with Crippen molar-refractivity contribution in [2.45, 2.75) is 29.9 Å². The van der Waals surface area contributed by atoms with E-state index < -0.39 is 38.8 Å². The van der Waals surface area contributed by atoms with Crippen molar-refractivity contribution >= 4 is 44.4 Å². The fourth-order valence-corrected chi connectivity index (χ4v) is 4.84. The lowest BCUT2D eigenvalue weighted by Gasteiger charge is -2.19. The number of carbonyl (C=O) groups excluding carboxylic acids is 1. The molecule has 1 fully saturated rings. The standard InChI is InChI=1S/C13H16ClN5O5S/c1-6(20)23-3-7-8(14)10(25(2,21)22)13(24-7)19-5-18-9-11(15)16-4-17-12(9)19/h4-5,7-8,10,13H,3H2,1-2H3,(H2,15,16,17)/t7-,8-,10+,13-/m1/s1. The van der Waals surface area contributed by atoms with Crippen molar-refractivity contribution in [3.8, 4) is 0 Å². The van der Waals surface area contributed by atoms with E-state index in [1.165, 1.54) is 24.1 Å². The second-order valence-corrected chi connectivity index (χ2v) is 8.40. The van der Waals surface area contributed by atoms with E-state index in [9.17, 15) is 13.2 Å². The number of nitrogen functional groups attached to an aromatic ring is 1. The molecule has 0 bridgehead atoms. The maximum absolute atomic E-state index is 12.3. The first-order valence-electron chi connectivity index (χ1n) is 7.25. The number of sulfone groups is 1. The van der Waals surface area contributed by atoms with Crippen LogP contribution in [0.25, 0.3) is 11.2 Å². The second-order valence-electron chi connectivity index (χ2n) is 5.69. The average molecular weight is 390 g/mol. The molecule has 2 N–H and O–H groups in total. The predicted molar refractivity (Wildman–Crippen MR) is 88.6 cm³/mol. The number of imidazole rings is 1. The Bertz CT molecular complexity index is 917. The maximum Gasteiger partial charge on any atom is 0.302 e. The summed E-state index contributed by atoms with van der Waals surface area (Å²) >= 11 is 6.32. The van der Waals surface area contributed by atoms with E-state index in [1.807, 2.05) is 0 Å². The lowest BCUT2D eigenvalue weighted by molar-refractivity contribution is -0.145. The normalized spacial score (nSPS) is 26.8. The zero-order valence-electron chi connectivity index (χ0n) is 13.4. The fraction of sp³-hybridized carbons (Fsp3) is 0.538. The van der Waals surface area contributed by atoms with Crippen molar-refractivity contribution in [1.29, 1.82) is 0 Å². The Balaban J connectivity index is 2.02. The van der Waals surface area contributed by atoms with Gasteiger partial charge in [-0.1, -0.05) is 0 Å². The van der Waals surface area contributed by atoms with Crippen LogP contribution in [0.4, 0.5) is 5.82 Å². The number of carbonyl (C=O) groups is 1. The van der Waals surface area contributed by atoms with Gasteiger partial charge in [-0.05, 0) is 0 Å². The molecule has 25 heavy (non-hydrogen) atoms. The SMILES string of the molecule is CC(=O)OC[C@H]1O[C@@H](n2cnc3c(N)ncnc32)[C@@H](S(C)(=O)=O)[C@@H]1Cl. The molecule has 0 spiro atoms. The van der Waals surface area contributed by atoms with E-state index in [0.29, 0.717) is 11.2 Å². The van der Waals surface area contributed by atoms with Crippen LogP contribution in [-0.2, 0) is 24.1 Å². The number of alkyl halides is 1. The molecule has 0 saturated carbocycles. The highest BCUT2D eigenvalue weighted by Crippen LogP contribution is 2.38. The number of anilines is 1. The van der Waals surface area contributed by atoms with E-state index in [4.69, 9.17) is 26.8 Å².